The minimum atomic E-state index is -4.23. The number of sulfone groups is 1. The zero-order chi connectivity index (χ0) is 22.9. The third-order valence-corrected chi connectivity index (χ3v) is 7.30. The average Bonchev–Trinajstić information content (AvgIpc) is 3.10. The number of hydrogen-bond donors (Lipinski definition) is 1. The first-order valence-corrected chi connectivity index (χ1v) is 12.6. The number of ether oxygens (including phenoxy) is 1. The van der Waals surface area contributed by atoms with Crippen molar-refractivity contribution >= 4 is 9.84 Å². The minimum Gasteiger partial charge on any atom is -0.484 e. The van der Waals surface area contributed by atoms with Crippen molar-refractivity contribution in [1.29, 1.82) is 0 Å². The molecule has 9 heteroatoms. The zero-order valence-corrected chi connectivity index (χ0v) is 18.6. The van der Waals surface area contributed by atoms with E-state index in [0.29, 0.717) is 18.7 Å². The van der Waals surface area contributed by atoms with Gasteiger partial charge in [0.05, 0.1) is 17.5 Å². The van der Waals surface area contributed by atoms with Gasteiger partial charge in [-0.1, -0.05) is 24.3 Å². The number of rotatable bonds is 6. The molecule has 1 aliphatic carbocycles. The Bertz CT molecular complexity index is 1040. The summed E-state index contributed by atoms with van der Waals surface area (Å²) in [5.41, 5.74) is 2.23. The topological polar surface area (TPSA) is 58.6 Å². The summed E-state index contributed by atoms with van der Waals surface area (Å²) in [7, 11) is -3.30. The minimum absolute atomic E-state index is 0.00234. The molecule has 2 aromatic rings. The van der Waals surface area contributed by atoms with E-state index in [1.165, 1.54) is 17.7 Å². The van der Waals surface area contributed by atoms with Gasteiger partial charge in [-0.2, -0.15) is 13.2 Å². The molecule has 5 nitrogen and oxygen atoms in total. The van der Waals surface area contributed by atoms with E-state index in [0.717, 1.165) is 31.2 Å². The van der Waals surface area contributed by atoms with Crippen molar-refractivity contribution in [3.05, 3.63) is 59.7 Å². The van der Waals surface area contributed by atoms with Gasteiger partial charge in [0.2, 0.25) is 0 Å². The summed E-state index contributed by atoms with van der Waals surface area (Å²) >= 11 is 0. The quantitative estimate of drug-likeness (QED) is 0.700. The van der Waals surface area contributed by atoms with Crippen molar-refractivity contribution in [3.63, 3.8) is 0 Å². The third kappa shape index (κ3) is 5.44. The van der Waals surface area contributed by atoms with Gasteiger partial charge in [0.25, 0.3) is 0 Å². The Hall–Kier alpha value is -2.10. The molecule has 0 radical (unpaired) electrons. The van der Waals surface area contributed by atoms with Gasteiger partial charge < -0.3 is 10.1 Å². The van der Waals surface area contributed by atoms with Crippen LogP contribution >= 0.6 is 0 Å². The lowest BCUT2D eigenvalue weighted by Gasteiger charge is -2.39. The zero-order valence-electron chi connectivity index (χ0n) is 17.8. The third-order valence-electron chi connectivity index (χ3n) is 6.17. The fourth-order valence-corrected chi connectivity index (χ4v) is 5.28. The molecule has 32 heavy (non-hydrogen) atoms. The van der Waals surface area contributed by atoms with Crippen molar-refractivity contribution in [2.24, 2.45) is 0 Å². The molecule has 2 aliphatic rings. The summed E-state index contributed by atoms with van der Waals surface area (Å²) in [6.45, 7) is 0.348. The van der Waals surface area contributed by atoms with E-state index >= 15 is 0 Å². The molecule has 174 valence electrons. The first-order chi connectivity index (χ1) is 15.1. The van der Waals surface area contributed by atoms with Crippen LogP contribution in [0.2, 0.25) is 0 Å². The number of halogens is 3. The molecule has 1 fully saturated rings. The molecule has 0 amide bonds. The van der Waals surface area contributed by atoms with Crippen molar-refractivity contribution in [2.45, 2.75) is 48.5 Å². The molecule has 1 N–H and O–H groups in total. The van der Waals surface area contributed by atoms with Crippen LogP contribution in [0.1, 0.15) is 30.1 Å². The predicted molar refractivity (Wildman–Crippen MR) is 116 cm³/mol. The van der Waals surface area contributed by atoms with Crippen LogP contribution in [0.25, 0.3) is 0 Å². The van der Waals surface area contributed by atoms with Gasteiger partial charge >= 0.3 is 6.18 Å². The Morgan fingerprint density at radius 3 is 2.53 bits per heavy atom. The second kappa shape index (κ2) is 9.03. The van der Waals surface area contributed by atoms with Crippen LogP contribution in [0, 0.1) is 0 Å². The first-order valence-electron chi connectivity index (χ1n) is 10.7. The smallest absolute Gasteiger partial charge is 0.401 e. The normalized spacial score (nSPS) is 24.3. The van der Waals surface area contributed by atoms with Crippen molar-refractivity contribution in [3.8, 4) is 5.75 Å². The Labute approximate surface area is 186 Å². The molecular formula is C23H27F3N2O3S. The molecule has 3 atom stereocenters. The number of nitrogens with one attached hydrogen (secondary N) is 1. The summed E-state index contributed by atoms with van der Waals surface area (Å²) in [5, 5.41) is 2.66. The molecule has 2 aromatic carbocycles. The van der Waals surface area contributed by atoms with Crippen molar-refractivity contribution < 1.29 is 26.3 Å². The van der Waals surface area contributed by atoms with E-state index in [9.17, 15) is 21.6 Å². The number of fused-ring (bicyclic) bond motifs is 1. The number of likely N-dealkylation sites (tertiary alicyclic amines) is 1. The molecule has 4 rings (SSSR count). The Balaban J connectivity index is 1.52. The fourth-order valence-electron chi connectivity index (χ4n) is 4.65. The monoisotopic (exact) mass is 468 g/mol. The van der Waals surface area contributed by atoms with E-state index in [-0.39, 0.29) is 23.1 Å². The predicted octanol–water partition coefficient (Wildman–Crippen LogP) is 3.75. The summed E-state index contributed by atoms with van der Waals surface area (Å²) in [6, 6.07) is 14.1. The lowest BCUT2D eigenvalue weighted by Crippen LogP contribution is -2.52. The number of piperidine rings is 1. The van der Waals surface area contributed by atoms with Gasteiger partial charge in [-0.05, 0) is 61.2 Å². The van der Waals surface area contributed by atoms with Crippen LogP contribution in [0.3, 0.4) is 0 Å². The van der Waals surface area contributed by atoms with E-state index in [4.69, 9.17) is 4.74 Å². The maximum absolute atomic E-state index is 12.7. The maximum Gasteiger partial charge on any atom is 0.401 e. The highest BCUT2D eigenvalue weighted by atomic mass is 32.2. The number of hydrogen-bond acceptors (Lipinski definition) is 5. The van der Waals surface area contributed by atoms with Gasteiger partial charge in [-0.25, -0.2) is 8.42 Å². The van der Waals surface area contributed by atoms with Gasteiger partial charge in [0.1, 0.15) is 11.9 Å². The number of nitrogens with zero attached hydrogens (tertiary/aromatic N) is 1. The van der Waals surface area contributed by atoms with Gasteiger partial charge in [0, 0.05) is 18.8 Å². The maximum atomic E-state index is 12.7. The average molecular weight is 469 g/mol. The van der Waals surface area contributed by atoms with Gasteiger partial charge in [-0.15, -0.1) is 0 Å². The summed E-state index contributed by atoms with van der Waals surface area (Å²) in [6.07, 6.45) is -1.06. The number of alkyl halides is 3. The van der Waals surface area contributed by atoms with E-state index < -0.39 is 22.6 Å². The summed E-state index contributed by atoms with van der Waals surface area (Å²) in [5.74, 6) is 0.563. The highest BCUT2D eigenvalue weighted by Gasteiger charge is 2.40. The molecule has 1 saturated heterocycles. The van der Waals surface area contributed by atoms with Crippen LogP contribution in [0.5, 0.6) is 5.75 Å². The largest absolute Gasteiger partial charge is 0.484 e. The van der Waals surface area contributed by atoms with Crippen LogP contribution < -0.4 is 10.1 Å². The molecule has 0 unspecified atom stereocenters. The van der Waals surface area contributed by atoms with Crippen LogP contribution in [0.4, 0.5) is 13.2 Å². The number of benzene rings is 2. The molecule has 0 aromatic heterocycles. The van der Waals surface area contributed by atoms with E-state index in [1.54, 1.807) is 12.1 Å². The van der Waals surface area contributed by atoms with Gasteiger partial charge in [0.15, 0.2) is 9.84 Å². The van der Waals surface area contributed by atoms with E-state index in [1.807, 2.05) is 18.2 Å². The van der Waals surface area contributed by atoms with Crippen LogP contribution in [0.15, 0.2) is 53.4 Å². The lowest BCUT2D eigenvalue weighted by molar-refractivity contribution is -0.127. The Morgan fingerprint density at radius 2 is 1.84 bits per heavy atom. The molecule has 0 bridgehead atoms. The Morgan fingerprint density at radius 1 is 1.12 bits per heavy atom. The van der Waals surface area contributed by atoms with Crippen molar-refractivity contribution in [2.75, 3.05) is 25.9 Å². The summed E-state index contributed by atoms with van der Waals surface area (Å²) in [4.78, 5) is 2.45. The second-order valence-electron chi connectivity index (χ2n) is 8.58. The highest BCUT2D eigenvalue weighted by Crippen LogP contribution is 2.39. The molecule has 1 aliphatic heterocycles. The SMILES string of the molecule is CS(=O)(=O)c1ccc(O[C@H]2c3ccccc3C[C@@H]2N2CCC[C@@H](NCC(F)(F)F)C2)cc1. The van der Waals surface area contributed by atoms with Gasteiger partial charge in [-0.3, -0.25) is 4.90 Å². The lowest BCUT2D eigenvalue weighted by atomic mass is 10.0. The molecule has 1 heterocycles. The molecule has 0 spiro atoms. The highest BCUT2D eigenvalue weighted by molar-refractivity contribution is 7.90. The van der Waals surface area contributed by atoms with Crippen LogP contribution in [-0.4, -0.2) is 57.5 Å². The fraction of sp³-hybridized carbons (Fsp3) is 0.478. The molecule has 0 saturated carbocycles. The summed E-state index contributed by atoms with van der Waals surface area (Å²) < 4.78 is 67.8. The van der Waals surface area contributed by atoms with Crippen molar-refractivity contribution in [1.82, 2.24) is 10.2 Å². The van der Waals surface area contributed by atoms with Crippen LogP contribution in [-0.2, 0) is 16.3 Å². The second-order valence-corrected chi connectivity index (χ2v) is 10.6. The molecular weight excluding hydrogens is 441 g/mol. The van der Waals surface area contributed by atoms with E-state index in [2.05, 4.69) is 16.3 Å². The Kier molecular flexibility index (Phi) is 6.51. The standard InChI is InChI=1S/C23H27F3N2O3S/c1-32(29,30)19-10-8-18(9-11-19)31-22-20-7-3-2-5-16(20)13-21(22)28-12-4-6-17(14-28)27-15-23(24,25)26/h2-3,5,7-11,17,21-22,27H,4,6,12-15H2,1H3/t17-,21+,22+/m1/s1. The first kappa shape index (κ1) is 23.1.